The Kier molecular flexibility index (Phi) is 8.71. The number of likely N-dealkylation sites (N-methyl/N-ethyl adjacent to an activating group) is 1. The second kappa shape index (κ2) is 11.2. The van der Waals surface area contributed by atoms with Gasteiger partial charge in [0.05, 0.1) is 4.91 Å². The van der Waals surface area contributed by atoms with Crippen LogP contribution in [0.25, 0.3) is 6.08 Å². The van der Waals surface area contributed by atoms with Crippen molar-refractivity contribution in [1.82, 2.24) is 20.2 Å². The summed E-state index contributed by atoms with van der Waals surface area (Å²) in [5.41, 5.74) is 3.90. The number of thioether (sulfide) groups is 1. The van der Waals surface area contributed by atoms with E-state index in [1.165, 1.54) is 11.8 Å². The van der Waals surface area contributed by atoms with Gasteiger partial charge in [0.25, 0.3) is 5.91 Å². The summed E-state index contributed by atoms with van der Waals surface area (Å²) in [7, 11) is 2.09. The largest absolute Gasteiger partial charge is 0.304 e. The number of thiocarbonyl (C=S) groups is 1. The van der Waals surface area contributed by atoms with Crippen LogP contribution in [0.1, 0.15) is 31.2 Å². The molecule has 0 bridgehead atoms. The molecule has 2 heterocycles. The maximum Gasteiger partial charge on any atom is 0.266 e. The molecule has 1 aromatic carbocycles. The summed E-state index contributed by atoms with van der Waals surface area (Å²) in [6.07, 6.45) is 4.85. The van der Waals surface area contributed by atoms with Gasteiger partial charge < -0.3 is 4.90 Å². The molecule has 162 valence electrons. The van der Waals surface area contributed by atoms with Crippen LogP contribution in [-0.2, 0) is 9.59 Å². The number of nitrogens with one attached hydrogen (secondary N) is 1. The first-order chi connectivity index (χ1) is 14.4. The molecule has 0 radical (unpaired) electrons. The minimum absolute atomic E-state index is 0.0484. The Morgan fingerprint density at radius 2 is 1.87 bits per heavy atom. The highest BCUT2D eigenvalue weighted by Gasteiger charge is 2.31. The Morgan fingerprint density at radius 3 is 2.57 bits per heavy atom. The van der Waals surface area contributed by atoms with E-state index in [9.17, 15) is 9.59 Å². The number of hydrogen-bond donors (Lipinski definition) is 1. The first-order valence-corrected chi connectivity index (χ1v) is 11.8. The maximum atomic E-state index is 12.7. The van der Waals surface area contributed by atoms with Gasteiger partial charge in [-0.3, -0.25) is 19.9 Å². The Hall–Kier alpha value is -1.45. The van der Waals surface area contributed by atoms with Crippen LogP contribution < -0.4 is 5.43 Å². The SMILES string of the molecule is CN1CCN(NC(=O)CCCCCN2C(=O)/C(=C/c3ccc(Cl)cc3)SC2=S)CC1. The molecule has 2 aliphatic rings. The highest BCUT2D eigenvalue weighted by atomic mass is 35.5. The lowest BCUT2D eigenvalue weighted by Gasteiger charge is -2.32. The van der Waals surface area contributed by atoms with Crippen molar-refractivity contribution in [3.8, 4) is 0 Å². The van der Waals surface area contributed by atoms with Gasteiger partial charge in [-0.15, -0.1) is 0 Å². The van der Waals surface area contributed by atoms with Crippen LogP contribution >= 0.6 is 35.6 Å². The highest BCUT2D eigenvalue weighted by Crippen LogP contribution is 2.32. The van der Waals surface area contributed by atoms with E-state index in [0.717, 1.165) is 51.0 Å². The molecule has 1 aromatic rings. The van der Waals surface area contributed by atoms with E-state index >= 15 is 0 Å². The van der Waals surface area contributed by atoms with Crippen LogP contribution in [0, 0.1) is 0 Å². The zero-order valence-electron chi connectivity index (χ0n) is 17.1. The summed E-state index contributed by atoms with van der Waals surface area (Å²) < 4.78 is 0.591. The summed E-state index contributed by atoms with van der Waals surface area (Å²) in [5.74, 6) is 0.0174. The van der Waals surface area contributed by atoms with Crippen LogP contribution in [0.4, 0.5) is 0 Å². The van der Waals surface area contributed by atoms with Gasteiger partial charge in [0.2, 0.25) is 5.91 Å². The van der Waals surface area contributed by atoms with E-state index in [1.54, 1.807) is 17.0 Å². The monoisotopic (exact) mass is 466 g/mol. The quantitative estimate of drug-likeness (QED) is 0.360. The number of benzene rings is 1. The maximum absolute atomic E-state index is 12.7. The molecule has 3 rings (SSSR count). The minimum atomic E-state index is -0.0484. The molecule has 0 atom stereocenters. The number of carbonyl (C=O) groups excluding carboxylic acids is 2. The zero-order valence-corrected chi connectivity index (χ0v) is 19.5. The molecule has 0 unspecified atom stereocenters. The van der Waals surface area contributed by atoms with E-state index in [-0.39, 0.29) is 11.8 Å². The van der Waals surface area contributed by atoms with Crippen LogP contribution in [0.5, 0.6) is 0 Å². The van der Waals surface area contributed by atoms with E-state index in [4.69, 9.17) is 23.8 Å². The van der Waals surface area contributed by atoms with Gasteiger partial charge in [-0.25, -0.2) is 5.01 Å². The molecule has 30 heavy (non-hydrogen) atoms. The molecule has 6 nitrogen and oxygen atoms in total. The Balaban J connectivity index is 1.36. The molecule has 0 saturated carbocycles. The molecule has 0 spiro atoms. The van der Waals surface area contributed by atoms with Crippen molar-refractivity contribution >= 4 is 57.8 Å². The molecular weight excluding hydrogens is 440 g/mol. The molecule has 9 heteroatoms. The molecule has 2 amide bonds. The second-order valence-electron chi connectivity index (χ2n) is 7.52. The fraction of sp³-hybridized carbons (Fsp3) is 0.476. The standard InChI is InChI=1S/C21H27ClN4O2S2/c1-24-11-13-25(14-12-24)23-19(27)5-3-2-4-10-26-20(28)18(30-21(26)29)15-16-6-8-17(22)9-7-16/h6-9,15H,2-5,10-14H2,1H3,(H,23,27)/b18-15-. The van der Waals surface area contributed by atoms with Gasteiger partial charge in [0.15, 0.2) is 0 Å². The second-order valence-corrected chi connectivity index (χ2v) is 9.63. The molecule has 2 aliphatic heterocycles. The van der Waals surface area contributed by atoms with E-state index < -0.39 is 0 Å². The van der Waals surface area contributed by atoms with Crippen molar-refractivity contribution in [3.63, 3.8) is 0 Å². The fourth-order valence-corrected chi connectivity index (χ4v) is 4.72. The number of hydrazine groups is 1. The average molecular weight is 467 g/mol. The van der Waals surface area contributed by atoms with Crippen LogP contribution in [0.3, 0.4) is 0 Å². The van der Waals surface area contributed by atoms with Crippen LogP contribution in [0.15, 0.2) is 29.2 Å². The molecule has 2 saturated heterocycles. The summed E-state index contributed by atoms with van der Waals surface area (Å²) in [6.45, 7) is 4.25. The lowest BCUT2D eigenvalue weighted by atomic mass is 10.2. The molecule has 0 aliphatic carbocycles. The molecular formula is C21H27ClN4O2S2. The lowest BCUT2D eigenvalue weighted by molar-refractivity contribution is -0.127. The average Bonchev–Trinajstić information content (AvgIpc) is 2.98. The third-order valence-electron chi connectivity index (χ3n) is 5.11. The number of nitrogens with zero attached hydrogens (tertiary/aromatic N) is 3. The lowest BCUT2D eigenvalue weighted by Crippen LogP contribution is -2.52. The van der Waals surface area contributed by atoms with E-state index in [1.807, 2.05) is 23.2 Å². The van der Waals surface area contributed by atoms with E-state index in [2.05, 4.69) is 17.4 Å². The molecule has 1 N–H and O–H groups in total. The van der Waals surface area contributed by atoms with Crippen LogP contribution in [0.2, 0.25) is 5.02 Å². The Labute approximate surface area is 192 Å². The van der Waals surface area contributed by atoms with Gasteiger partial charge in [0, 0.05) is 44.2 Å². The van der Waals surface area contributed by atoms with Gasteiger partial charge in [-0.1, -0.05) is 54.1 Å². The van der Waals surface area contributed by atoms with Crippen molar-refractivity contribution in [2.45, 2.75) is 25.7 Å². The molecule has 2 fully saturated rings. The van der Waals surface area contributed by atoms with Crippen LogP contribution in [-0.4, -0.2) is 70.7 Å². The summed E-state index contributed by atoms with van der Waals surface area (Å²) in [5, 5.41) is 2.66. The highest BCUT2D eigenvalue weighted by molar-refractivity contribution is 8.26. The normalized spacial score (nSPS) is 19.7. The Morgan fingerprint density at radius 1 is 1.17 bits per heavy atom. The van der Waals surface area contributed by atoms with Crippen molar-refractivity contribution < 1.29 is 9.59 Å². The van der Waals surface area contributed by atoms with Crippen molar-refractivity contribution in [2.75, 3.05) is 39.8 Å². The predicted octanol–water partition coefficient (Wildman–Crippen LogP) is 3.38. The topological polar surface area (TPSA) is 55.9 Å². The van der Waals surface area contributed by atoms with Gasteiger partial charge in [-0.05, 0) is 43.7 Å². The third kappa shape index (κ3) is 6.78. The smallest absolute Gasteiger partial charge is 0.266 e. The summed E-state index contributed by atoms with van der Waals surface area (Å²) in [4.78, 5) is 29.3. The van der Waals surface area contributed by atoms with Crippen molar-refractivity contribution in [2.24, 2.45) is 0 Å². The summed E-state index contributed by atoms with van der Waals surface area (Å²) in [6, 6.07) is 7.35. The van der Waals surface area contributed by atoms with Gasteiger partial charge in [0.1, 0.15) is 4.32 Å². The number of carbonyl (C=O) groups is 2. The zero-order chi connectivity index (χ0) is 21.5. The Bertz CT molecular complexity index is 808. The van der Waals surface area contributed by atoms with E-state index in [0.29, 0.717) is 27.2 Å². The predicted molar refractivity (Wildman–Crippen MR) is 127 cm³/mol. The number of rotatable bonds is 8. The van der Waals surface area contributed by atoms with Gasteiger partial charge >= 0.3 is 0 Å². The fourth-order valence-electron chi connectivity index (χ4n) is 3.29. The first kappa shape index (κ1) is 23.2. The van der Waals surface area contributed by atoms with Crippen molar-refractivity contribution in [1.29, 1.82) is 0 Å². The number of unbranched alkanes of at least 4 members (excludes halogenated alkanes) is 2. The van der Waals surface area contributed by atoms with Crippen molar-refractivity contribution in [3.05, 3.63) is 39.8 Å². The van der Waals surface area contributed by atoms with Gasteiger partial charge in [-0.2, -0.15) is 0 Å². The number of hydrogen-bond acceptors (Lipinski definition) is 6. The third-order valence-corrected chi connectivity index (χ3v) is 6.74. The minimum Gasteiger partial charge on any atom is -0.304 e. The number of halogens is 1. The number of amides is 2. The summed E-state index contributed by atoms with van der Waals surface area (Å²) >= 11 is 12.6. The first-order valence-electron chi connectivity index (χ1n) is 10.2. The number of piperazine rings is 1. The molecule has 0 aromatic heterocycles.